The number of benzene rings is 3. The first kappa shape index (κ1) is 20.4. The SMILES string of the molecule is CC[C@H](Oc1ccc2ccccc2c1)C(=O)Nc1ccccc1C(=O)NC(C)C. The molecule has 0 fully saturated rings. The molecule has 0 unspecified atom stereocenters. The van der Waals surface area contributed by atoms with Gasteiger partial charge in [0.15, 0.2) is 6.10 Å². The summed E-state index contributed by atoms with van der Waals surface area (Å²) in [6.45, 7) is 5.68. The molecule has 5 nitrogen and oxygen atoms in total. The number of hydrogen-bond donors (Lipinski definition) is 2. The van der Waals surface area contributed by atoms with E-state index in [4.69, 9.17) is 4.74 Å². The van der Waals surface area contributed by atoms with Crippen molar-refractivity contribution >= 4 is 28.3 Å². The molecular weight excluding hydrogens is 364 g/mol. The quantitative estimate of drug-likeness (QED) is 0.610. The van der Waals surface area contributed by atoms with Crippen molar-refractivity contribution in [3.8, 4) is 5.75 Å². The van der Waals surface area contributed by atoms with E-state index in [1.807, 2.05) is 63.2 Å². The lowest BCUT2D eigenvalue weighted by molar-refractivity contribution is -0.122. The molecule has 0 heterocycles. The van der Waals surface area contributed by atoms with E-state index >= 15 is 0 Å². The summed E-state index contributed by atoms with van der Waals surface area (Å²) < 4.78 is 5.96. The Morgan fingerprint density at radius 2 is 1.62 bits per heavy atom. The van der Waals surface area contributed by atoms with Crippen molar-refractivity contribution in [3.05, 3.63) is 72.3 Å². The Labute approximate surface area is 171 Å². The first-order valence-electron chi connectivity index (χ1n) is 9.84. The molecule has 0 aliphatic carbocycles. The fourth-order valence-electron chi connectivity index (χ4n) is 3.07. The minimum absolute atomic E-state index is 0.00545. The van der Waals surface area contributed by atoms with Gasteiger partial charge in [-0.2, -0.15) is 0 Å². The molecule has 3 rings (SSSR count). The molecule has 3 aromatic carbocycles. The number of nitrogens with one attached hydrogen (secondary N) is 2. The van der Waals surface area contributed by atoms with Crippen LogP contribution < -0.4 is 15.4 Å². The van der Waals surface area contributed by atoms with Crippen LogP contribution in [-0.2, 0) is 4.79 Å². The van der Waals surface area contributed by atoms with E-state index in [1.165, 1.54) is 0 Å². The van der Waals surface area contributed by atoms with Crippen LogP contribution in [0.25, 0.3) is 10.8 Å². The number of ether oxygens (including phenoxy) is 1. The summed E-state index contributed by atoms with van der Waals surface area (Å²) in [5.41, 5.74) is 0.895. The second-order valence-corrected chi connectivity index (χ2v) is 7.19. The van der Waals surface area contributed by atoms with Crippen LogP contribution in [-0.4, -0.2) is 24.0 Å². The molecule has 150 valence electrons. The minimum Gasteiger partial charge on any atom is -0.481 e. The molecule has 3 aromatic rings. The van der Waals surface area contributed by atoms with Crippen LogP contribution in [0.5, 0.6) is 5.75 Å². The van der Waals surface area contributed by atoms with Gasteiger partial charge in [-0.25, -0.2) is 0 Å². The van der Waals surface area contributed by atoms with Gasteiger partial charge in [0.05, 0.1) is 11.3 Å². The van der Waals surface area contributed by atoms with E-state index < -0.39 is 6.10 Å². The molecule has 0 aliphatic heterocycles. The maximum absolute atomic E-state index is 12.8. The van der Waals surface area contributed by atoms with Crippen molar-refractivity contribution < 1.29 is 14.3 Å². The van der Waals surface area contributed by atoms with Gasteiger partial charge in [-0.05, 0) is 55.3 Å². The lowest BCUT2D eigenvalue weighted by Gasteiger charge is -2.19. The Morgan fingerprint density at radius 1 is 0.931 bits per heavy atom. The molecule has 2 amide bonds. The monoisotopic (exact) mass is 390 g/mol. The molecule has 0 radical (unpaired) electrons. The third-order valence-electron chi connectivity index (χ3n) is 4.51. The van der Waals surface area contributed by atoms with Crippen LogP contribution in [0.3, 0.4) is 0 Å². The zero-order chi connectivity index (χ0) is 20.8. The van der Waals surface area contributed by atoms with Crippen LogP contribution in [0.1, 0.15) is 37.6 Å². The molecule has 0 saturated heterocycles. The van der Waals surface area contributed by atoms with Gasteiger partial charge < -0.3 is 15.4 Å². The van der Waals surface area contributed by atoms with Gasteiger partial charge in [0.2, 0.25) is 0 Å². The third-order valence-corrected chi connectivity index (χ3v) is 4.51. The number of carbonyl (C=O) groups is 2. The predicted molar refractivity (Wildman–Crippen MR) is 116 cm³/mol. The van der Waals surface area contributed by atoms with E-state index in [2.05, 4.69) is 10.6 Å². The van der Waals surface area contributed by atoms with Gasteiger partial charge in [0.25, 0.3) is 11.8 Å². The molecule has 2 N–H and O–H groups in total. The summed E-state index contributed by atoms with van der Waals surface area (Å²) in [7, 11) is 0. The second kappa shape index (κ2) is 9.24. The Morgan fingerprint density at radius 3 is 2.34 bits per heavy atom. The highest BCUT2D eigenvalue weighted by molar-refractivity contribution is 6.04. The van der Waals surface area contributed by atoms with E-state index in [9.17, 15) is 9.59 Å². The average molecular weight is 390 g/mol. The van der Waals surface area contributed by atoms with E-state index in [0.29, 0.717) is 23.4 Å². The predicted octanol–water partition coefficient (Wildman–Crippen LogP) is 4.77. The molecule has 1 atom stereocenters. The van der Waals surface area contributed by atoms with Gasteiger partial charge in [-0.15, -0.1) is 0 Å². The number of para-hydroxylation sites is 1. The zero-order valence-electron chi connectivity index (χ0n) is 16.9. The van der Waals surface area contributed by atoms with Gasteiger partial charge in [0, 0.05) is 6.04 Å². The lowest BCUT2D eigenvalue weighted by Crippen LogP contribution is -2.34. The summed E-state index contributed by atoms with van der Waals surface area (Å²) in [4.78, 5) is 25.3. The number of rotatable bonds is 7. The molecule has 0 spiro atoms. The van der Waals surface area contributed by atoms with Crippen molar-refractivity contribution in [2.45, 2.75) is 39.3 Å². The molecule has 5 heteroatoms. The van der Waals surface area contributed by atoms with Crippen LogP contribution in [0, 0.1) is 0 Å². The third kappa shape index (κ3) is 5.13. The Kier molecular flexibility index (Phi) is 6.50. The molecule has 0 saturated carbocycles. The van der Waals surface area contributed by atoms with Gasteiger partial charge >= 0.3 is 0 Å². The molecule has 0 aliphatic rings. The Hall–Kier alpha value is -3.34. The lowest BCUT2D eigenvalue weighted by atomic mass is 10.1. The van der Waals surface area contributed by atoms with E-state index in [0.717, 1.165) is 10.8 Å². The number of carbonyl (C=O) groups excluding carboxylic acids is 2. The summed E-state index contributed by atoms with van der Waals surface area (Å²) in [5, 5.41) is 7.86. The van der Waals surface area contributed by atoms with Crippen molar-refractivity contribution in [1.82, 2.24) is 5.32 Å². The number of amides is 2. The van der Waals surface area contributed by atoms with Gasteiger partial charge in [-0.1, -0.05) is 49.4 Å². The standard InChI is InChI=1S/C24H26N2O3/c1-4-22(29-19-14-13-17-9-5-6-10-18(17)15-19)24(28)26-21-12-8-7-11-20(21)23(27)25-16(2)3/h5-16,22H,4H2,1-3H3,(H,25,27)(H,26,28)/t22-/m0/s1. The highest BCUT2D eigenvalue weighted by Gasteiger charge is 2.21. The normalized spacial score (nSPS) is 11.9. The summed E-state index contributed by atoms with van der Waals surface area (Å²) in [6.07, 6.45) is -0.170. The van der Waals surface area contributed by atoms with Crippen molar-refractivity contribution in [2.24, 2.45) is 0 Å². The van der Waals surface area contributed by atoms with Gasteiger partial charge in [-0.3, -0.25) is 9.59 Å². The molecular formula is C24H26N2O3. The first-order chi connectivity index (χ1) is 14.0. The largest absolute Gasteiger partial charge is 0.481 e. The van der Waals surface area contributed by atoms with Crippen LogP contribution in [0.15, 0.2) is 66.7 Å². The first-order valence-corrected chi connectivity index (χ1v) is 9.84. The van der Waals surface area contributed by atoms with E-state index in [1.54, 1.807) is 24.3 Å². The Bertz CT molecular complexity index is 1010. The fraction of sp³-hybridized carbons (Fsp3) is 0.250. The molecule has 0 bridgehead atoms. The summed E-state index contributed by atoms with van der Waals surface area (Å²) in [6, 6.07) is 20.7. The van der Waals surface area contributed by atoms with Crippen molar-refractivity contribution in [3.63, 3.8) is 0 Å². The smallest absolute Gasteiger partial charge is 0.265 e. The molecule has 29 heavy (non-hydrogen) atoms. The number of fused-ring (bicyclic) bond motifs is 1. The van der Waals surface area contributed by atoms with Crippen LogP contribution >= 0.6 is 0 Å². The topological polar surface area (TPSA) is 67.4 Å². The fourth-order valence-corrected chi connectivity index (χ4v) is 3.07. The number of anilines is 1. The highest BCUT2D eigenvalue weighted by atomic mass is 16.5. The van der Waals surface area contributed by atoms with Gasteiger partial charge in [0.1, 0.15) is 5.75 Å². The van der Waals surface area contributed by atoms with E-state index in [-0.39, 0.29) is 17.9 Å². The highest BCUT2D eigenvalue weighted by Crippen LogP contribution is 2.23. The maximum atomic E-state index is 12.8. The van der Waals surface area contributed by atoms with Crippen molar-refractivity contribution in [2.75, 3.05) is 5.32 Å². The number of hydrogen-bond acceptors (Lipinski definition) is 3. The summed E-state index contributed by atoms with van der Waals surface area (Å²) >= 11 is 0. The average Bonchev–Trinajstić information content (AvgIpc) is 2.71. The van der Waals surface area contributed by atoms with Crippen LogP contribution in [0.4, 0.5) is 5.69 Å². The second-order valence-electron chi connectivity index (χ2n) is 7.19. The minimum atomic E-state index is -0.669. The summed E-state index contributed by atoms with van der Waals surface area (Å²) in [5.74, 6) is 0.126. The molecule has 0 aromatic heterocycles. The van der Waals surface area contributed by atoms with Crippen molar-refractivity contribution in [1.29, 1.82) is 0 Å². The zero-order valence-corrected chi connectivity index (χ0v) is 16.9. The maximum Gasteiger partial charge on any atom is 0.265 e. The van der Waals surface area contributed by atoms with Crippen LogP contribution in [0.2, 0.25) is 0 Å². The Balaban J connectivity index is 1.75.